The molecule has 2 N–H and O–H groups in total. The smallest absolute Gasteiger partial charge is 0.175 e. The van der Waals surface area contributed by atoms with E-state index in [4.69, 9.17) is 28.6 Å². The van der Waals surface area contributed by atoms with Crippen LogP contribution in [0.25, 0.3) is 11.0 Å². The number of aromatic nitrogens is 2. The number of benzene rings is 1. The molecule has 0 fully saturated rings. The van der Waals surface area contributed by atoms with Gasteiger partial charge in [-0.25, -0.2) is 0 Å². The summed E-state index contributed by atoms with van der Waals surface area (Å²) in [7, 11) is 0. The summed E-state index contributed by atoms with van der Waals surface area (Å²) in [5, 5.41) is 0.588. The standard InChI is InChI=1S/C9H9ClN2OS/c1-2-13-8-4-7-6(3-5(8)10)11-9(14)12-7/h3-4H,2H2,1H3,(H2,11,12,14). The zero-order valence-corrected chi connectivity index (χ0v) is 9.13. The Kier molecular flexibility index (Phi) is 2.48. The Morgan fingerprint density at radius 1 is 1.36 bits per heavy atom. The molecule has 0 bridgehead atoms. The Bertz CT molecular complexity index is 517. The molecule has 0 aliphatic heterocycles. The molecule has 3 nitrogen and oxygen atoms in total. The molecule has 2 rings (SSSR count). The van der Waals surface area contributed by atoms with E-state index in [1.165, 1.54) is 0 Å². The van der Waals surface area contributed by atoms with Crippen molar-refractivity contribution >= 4 is 34.9 Å². The molecule has 2 aromatic rings. The van der Waals surface area contributed by atoms with E-state index in [-0.39, 0.29) is 0 Å². The van der Waals surface area contributed by atoms with Crippen molar-refractivity contribution in [3.63, 3.8) is 0 Å². The Morgan fingerprint density at radius 2 is 2.00 bits per heavy atom. The Morgan fingerprint density at radius 3 is 2.64 bits per heavy atom. The van der Waals surface area contributed by atoms with E-state index in [1.807, 2.05) is 13.0 Å². The van der Waals surface area contributed by atoms with Crippen LogP contribution in [-0.4, -0.2) is 16.6 Å². The number of imidazole rings is 1. The zero-order chi connectivity index (χ0) is 10.1. The molecule has 1 aromatic carbocycles. The molecule has 5 heteroatoms. The summed E-state index contributed by atoms with van der Waals surface area (Å²) in [5.74, 6) is 0.673. The van der Waals surface area contributed by atoms with Gasteiger partial charge in [0.05, 0.1) is 22.7 Å². The first-order valence-electron chi connectivity index (χ1n) is 4.25. The van der Waals surface area contributed by atoms with Crippen molar-refractivity contribution in [3.8, 4) is 5.75 Å². The van der Waals surface area contributed by atoms with Gasteiger partial charge in [-0.2, -0.15) is 0 Å². The van der Waals surface area contributed by atoms with Gasteiger partial charge in [0.15, 0.2) is 4.77 Å². The monoisotopic (exact) mass is 228 g/mol. The van der Waals surface area contributed by atoms with Crippen LogP contribution < -0.4 is 4.74 Å². The number of hydrogen-bond acceptors (Lipinski definition) is 2. The minimum atomic E-state index is 0.588. The second-order valence-electron chi connectivity index (χ2n) is 2.84. The van der Waals surface area contributed by atoms with Gasteiger partial charge in [-0.15, -0.1) is 0 Å². The van der Waals surface area contributed by atoms with Gasteiger partial charge in [0, 0.05) is 6.07 Å². The molecule has 74 valence electrons. The maximum absolute atomic E-state index is 6.00. The number of nitrogens with one attached hydrogen (secondary N) is 2. The number of hydrogen-bond donors (Lipinski definition) is 2. The maximum Gasteiger partial charge on any atom is 0.175 e. The van der Waals surface area contributed by atoms with Gasteiger partial charge in [0.25, 0.3) is 0 Å². The largest absolute Gasteiger partial charge is 0.492 e. The predicted octanol–water partition coefficient (Wildman–Crippen LogP) is 3.28. The van der Waals surface area contributed by atoms with Crippen molar-refractivity contribution in [2.75, 3.05) is 6.61 Å². The fourth-order valence-electron chi connectivity index (χ4n) is 1.30. The highest BCUT2D eigenvalue weighted by molar-refractivity contribution is 7.71. The average molecular weight is 229 g/mol. The first-order chi connectivity index (χ1) is 6.70. The highest BCUT2D eigenvalue weighted by Gasteiger charge is 2.04. The molecule has 0 radical (unpaired) electrons. The summed E-state index contributed by atoms with van der Waals surface area (Å²) in [4.78, 5) is 5.99. The second kappa shape index (κ2) is 3.63. The molecule has 0 aliphatic rings. The first-order valence-corrected chi connectivity index (χ1v) is 5.03. The molecule has 0 unspecified atom stereocenters. The lowest BCUT2D eigenvalue weighted by Crippen LogP contribution is -1.91. The van der Waals surface area contributed by atoms with E-state index in [0.717, 1.165) is 11.0 Å². The Hall–Kier alpha value is -1.00. The predicted molar refractivity (Wildman–Crippen MR) is 59.7 cm³/mol. The topological polar surface area (TPSA) is 40.8 Å². The summed E-state index contributed by atoms with van der Waals surface area (Å²) in [6.07, 6.45) is 0. The zero-order valence-electron chi connectivity index (χ0n) is 7.56. The second-order valence-corrected chi connectivity index (χ2v) is 3.66. The molecule has 0 aliphatic carbocycles. The molecule has 0 atom stereocenters. The number of aromatic amines is 2. The normalized spacial score (nSPS) is 10.7. The van der Waals surface area contributed by atoms with Crippen LogP contribution in [0.3, 0.4) is 0 Å². The molecular formula is C9H9ClN2OS. The fraction of sp³-hybridized carbons (Fsp3) is 0.222. The van der Waals surface area contributed by atoms with Crippen LogP contribution in [0.1, 0.15) is 6.92 Å². The van der Waals surface area contributed by atoms with Crippen LogP contribution >= 0.6 is 23.8 Å². The number of fused-ring (bicyclic) bond motifs is 1. The SMILES string of the molecule is CCOc1cc2[nH]c(=S)[nH]c2cc1Cl. The summed E-state index contributed by atoms with van der Waals surface area (Å²) in [6.45, 7) is 2.51. The number of H-pyrrole nitrogens is 2. The van der Waals surface area contributed by atoms with Crippen LogP contribution in [0.4, 0.5) is 0 Å². The minimum absolute atomic E-state index is 0.588. The van der Waals surface area contributed by atoms with Gasteiger partial charge in [-0.05, 0) is 25.2 Å². The molecular weight excluding hydrogens is 220 g/mol. The summed E-state index contributed by atoms with van der Waals surface area (Å²) < 4.78 is 5.94. The van der Waals surface area contributed by atoms with Gasteiger partial charge in [0.2, 0.25) is 0 Å². The lowest BCUT2D eigenvalue weighted by molar-refractivity contribution is 0.341. The van der Waals surface area contributed by atoms with Crippen molar-refractivity contribution in [3.05, 3.63) is 21.9 Å². The Labute approximate surface area is 91.0 Å². The van der Waals surface area contributed by atoms with Gasteiger partial charge >= 0.3 is 0 Å². The quantitative estimate of drug-likeness (QED) is 0.775. The highest BCUT2D eigenvalue weighted by atomic mass is 35.5. The van der Waals surface area contributed by atoms with Crippen molar-refractivity contribution in [1.82, 2.24) is 9.97 Å². The third kappa shape index (κ3) is 1.63. The van der Waals surface area contributed by atoms with E-state index < -0.39 is 0 Å². The number of rotatable bonds is 2. The van der Waals surface area contributed by atoms with E-state index in [9.17, 15) is 0 Å². The maximum atomic E-state index is 6.00. The molecule has 1 aromatic heterocycles. The molecule has 14 heavy (non-hydrogen) atoms. The lowest BCUT2D eigenvalue weighted by Gasteiger charge is -2.04. The van der Waals surface area contributed by atoms with Crippen LogP contribution in [0, 0.1) is 4.77 Å². The van der Waals surface area contributed by atoms with E-state index in [1.54, 1.807) is 6.07 Å². The summed E-state index contributed by atoms with van der Waals surface area (Å²) in [6, 6.07) is 3.64. The van der Waals surface area contributed by atoms with Crippen LogP contribution in [0.15, 0.2) is 12.1 Å². The number of ether oxygens (including phenoxy) is 1. The van der Waals surface area contributed by atoms with Crippen molar-refractivity contribution in [1.29, 1.82) is 0 Å². The van der Waals surface area contributed by atoms with Crippen LogP contribution in [0.2, 0.25) is 5.02 Å². The average Bonchev–Trinajstić information content (AvgIpc) is 2.45. The molecule has 0 saturated carbocycles. The first kappa shape index (κ1) is 9.55. The molecule has 0 amide bonds. The van der Waals surface area contributed by atoms with Crippen LogP contribution in [-0.2, 0) is 0 Å². The van der Waals surface area contributed by atoms with Crippen molar-refractivity contribution < 1.29 is 4.74 Å². The van der Waals surface area contributed by atoms with Crippen LogP contribution in [0.5, 0.6) is 5.75 Å². The summed E-state index contributed by atoms with van der Waals surface area (Å²) >= 11 is 11.0. The molecule has 0 spiro atoms. The van der Waals surface area contributed by atoms with E-state index >= 15 is 0 Å². The number of halogens is 1. The van der Waals surface area contributed by atoms with Gasteiger partial charge in [0.1, 0.15) is 5.75 Å². The summed E-state index contributed by atoms with van der Waals surface area (Å²) in [5.41, 5.74) is 1.80. The third-order valence-electron chi connectivity index (χ3n) is 1.87. The van der Waals surface area contributed by atoms with E-state index in [0.29, 0.717) is 22.2 Å². The van der Waals surface area contributed by atoms with E-state index in [2.05, 4.69) is 9.97 Å². The lowest BCUT2D eigenvalue weighted by atomic mass is 10.3. The molecule has 0 saturated heterocycles. The van der Waals surface area contributed by atoms with Gasteiger partial charge in [-0.1, -0.05) is 11.6 Å². The van der Waals surface area contributed by atoms with Gasteiger partial charge in [-0.3, -0.25) is 0 Å². The van der Waals surface area contributed by atoms with Crippen molar-refractivity contribution in [2.45, 2.75) is 6.92 Å². The third-order valence-corrected chi connectivity index (χ3v) is 2.37. The highest BCUT2D eigenvalue weighted by Crippen LogP contribution is 2.28. The van der Waals surface area contributed by atoms with Crippen molar-refractivity contribution in [2.24, 2.45) is 0 Å². The van der Waals surface area contributed by atoms with Gasteiger partial charge < -0.3 is 14.7 Å². The minimum Gasteiger partial charge on any atom is -0.492 e. The molecule has 1 heterocycles. The Balaban J connectivity index is 2.63. The fourth-order valence-corrected chi connectivity index (χ4v) is 1.74.